The van der Waals surface area contributed by atoms with E-state index in [0.717, 1.165) is 17.5 Å². The molecule has 1 aromatic rings. The molecule has 1 aromatic carbocycles. The number of halogens is 1. The summed E-state index contributed by atoms with van der Waals surface area (Å²) in [5, 5.41) is 4.17. The van der Waals surface area contributed by atoms with E-state index in [4.69, 9.17) is 11.6 Å². The number of hydrogen-bond acceptors (Lipinski definition) is 2. The van der Waals surface area contributed by atoms with Gasteiger partial charge in [0.05, 0.1) is 0 Å². The van der Waals surface area contributed by atoms with Crippen LogP contribution in [-0.2, 0) is 0 Å². The standard InChI is InChI=1S/C14H20ClNS/c1-16-10-14(12-6-8-17-9-7-12)11-2-4-13(15)5-3-11/h2-5,12,14,16H,6-10H2,1H3. The van der Waals surface area contributed by atoms with Crippen LogP contribution in [0, 0.1) is 5.92 Å². The molecule has 1 aliphatic heterocycles. The molecule has 3 heteroatoms. The highest BCUT2D eigenvalue weighted by Crippen LogP contribution is 2.35. The van der Waals surface area contributed by atoms with Crippen molar-refractivity contribution in [3.8, 4) is 0 Å². The lowest BCUT2D eigenvalue weighted by atomic mass is 9.82. The van der Waals surface area contributed by atoms with Gasteiger partial charge in [0.25, 0.3) is 0 Å². The Morgan fingerprint density at radius 1 is 1.29 bits per heavy atom. The molecule has 1 unspecified atom stereocenters. The van der Waals surface area contributed by atoms with Crippen LogP contribution in [-0.4, -0.2) is 25.1 Å². The van der Waals surface area contributed by atoms with Gasteiger partial charge in [0.2, 0.25) is 0 Å². The second-order valence-corrected chi connectivity index (χ2v) is 6.33. The molecule has 1 aliphatic rings. The summed E-state index contributed by atoms with van der Waals surface area (Å²) in [7, 11) is 2.04. The summed E-state index contributed by atoms with van der Waals surface area (Å²) in [6, 6.07) is 8.40. The van der Waals surface area contributed by atoms with Crippen molar-refractivity contribution in [1.82, 2.24) is 5.32 Å². The molecule has 0 aromatic heterocycles. The first-order chi connectivity index (χ1) is 8.31. The van der Waals surface area contributed by atoms with E-state index in [1.807, 2.05) is 19.2 Å². The zero-order chi connectivity index (χ0) is 12.1. The lowest BCUT2D eigenvalue weighted by Gasteiger charge is -2.30. The Kier molecular flexibility index (Phi) is 5.20. The van der Waals surface area contributed by atoms with Gasteiger partial charge in [-0.2, -0.15) is 11.8 Å². The summed E-state index contributed by atoms with van der Waals surface area (Å²) >= 11 is 8.05. The third-order valence-electron chi connectivity index (χ3n) is 3.56. The summed E-state index contributed by atoms with van der Waals surface area (Å²) in [5.74, 6) is 4.10. The van der Waals surface area contributed by atoms with Gasteiger partial charge in [-0.3, -0.25) is 0 Å². The minimum atomic E-state index is 0.637. The Hall–Kier alpha value is -0.180. The first kappa shape index (κ1) is 13.3. The minimum Gasteiger partial charge on any atom is -0.319 e. The van der Waals surface area contributed by atoms with Gasteiger partial charge >= 0.3 is 0 Å². The van der Waals surface area contributed by atoms with Crippen LogP contribution in [0.5, 0.6) is 0 Å². The first-order valence-electron chi connectivity index (χ1n) is 6.29. The molecule has 0 radical (unpaired) electrons. The van der Waals surface area contributed by atoms with Crippen molar-refractivity contribution in [2.75, 3.05) is 25.1 Å². The SMILES string of the molecule is CNCC(c1ccc(Cl)cc1)C1CCSCC1. The van der Waals surface area contributed by atoms with Gasteiger partial charge in [0.1, 0.15) is 0 Å². The maximum absolute atomic E-state index is 5.96. The van der Waals surface area contributed by atoms with Crippen molar-refractivity contribution in [3.63, 3.8) is 0 Å². The third-order valence-corrected chi connectivity index (χ3v) is 4.86. The molecule has 0 amide bonds. The molecule has 0 aliphatic carbocycles. The zero-order valence-electron chi connectivity index (χ0n) is 10.3. The van der Waals surface area contributed by atoms with Crippen LogP contribution in [0.15, 0.2) is 24.3 Å². The molecule has 1 atom stereocenters. The number of benzene rings is 1. The van der Waals surface area contributed by atoms with Crippen LogP contribution in [0.25, 0.3) is 0 Å². The molecule has 2 rings (SSSR count). The second kappa shape index (κ2) is 6.67. The molecule has 1 N–H and O–H groups in total. The van der Waals surface area contributed by atoms with Crippen molar-refractivity contribution in [1.29, 1.82) is 0 Å². The van der Waals surface area contributed by atoms with Crippen LogP contribution in [0.1, 0.15) is 24.3 Å². The average Bonchev–Trinajstić information content (AvgIpc) is 2.38. The average molecular weight is 270 g/mol. The highest BCUT2D eigenvalue weighted by Gasteiger charge is 2.24. The maximum Gasteiger partial charge on any atom is 0.0406 e. The smallest absolute Gasteiger partial charge is 0.0406 e. The summed E-state index contributed by atoms with van der Waals surface area (Å²) in [4.78, 5) is 0. The topological polar surface area (TPSA) is 12.0 Å². The van der Waals surface area contributed by atoms with E-state index in [0.29, 0.717) is 5.92 Å². The molecule has 0 saturated carbocycles. The Labute approximate surface area is 113 Å². The van der Waals surface area contributed by atoms with Crippen molar-refractivity contribution >= 4 is 23.4 Å². The fourth-order valence-corrected chi connectivity index (χ4v) is 3.87. The van der Waals surface area contributed by atoms with Crippen LogP contribution < -0.4 is 5.32 Å². The van der Waals surface area contributed by atoms with E-state index >= 15 is 0 Å². The Morgan fingerprint density at radius 3 is 2.53 bits per heavy atom. The first-order valence-corrected chi connectivity index (χ1v) is 7.82. The summed E-state index contributed by atoms with van der Waals surface area (Å²) in [6.07, 6.45) is 2.69. The van der Waals surface area contributed by atoms with Gasteiger partial charge in [0, 0.05) is 11.6 Å². The van der Waals surface area contributed by atoms with Gasteiger partial charge < -0.3 is 5.32 Å². The summed E-state index contributed by atoms with van der Waals surface area (Å²) < 4.78 is 0. The number of rotatable bonds is 4. The molecule has 17 heavy (non-hydrogen) atoms. The van der Waals surface area contributed by atoms with Crippen molar-refractivity contribution < 1.29 is 0 Å². The Balaban J connectivity index is 2.12. The summed E-state index contributed by atoms with van der Waals surface area (Å²) in [6.45, 7) is 1.07. The molecule has 94 valence electrons. The van der Waals surface area contributed by atoms with Crippen LogP contribution in [0.2, 0.25) is 5.02 Å². The zero-order valence-corrected chi connectivity index (χ0v) is 11.9. The van der Waals surface area contributed by atoms with Crippen LogP contribution in [0.4, 0.5) is 0 Å². The fraction of sp³-hybridized carbons (Fsp3) is 0.571. The Morgan fingerprint density at radius 2 is 1.94 bits per heavy atom. The predicted octanol–water partition coefficient (Wildman–Crippen LogP) is 3.79. The van der Waals surface area contributed by atoms with Crippen molar-refractivity contribution in [2.45, 2.75) is 18.8 Å². The molecule has 1 nitrogen and oxygen atoms in total. The molecule has 0 bridgehead atoms. The Bertz CT molecular complexity index is 333. The minimum absolute atomic E-state index is 0.637. The van der Waals surface area contributed by atoms with E-state index in [-0.39, 0.29) is 0 Å². The molecular formula is C14H20ClNS. The highest BCUT2D eigenvalue weighted by molar-refractivity contribution is 7.99. The van der Waals surface area contributed by atoms with E-state index in [1.165, 1.54) is 29.9 Å². The van der Waals surface area contributed by atoms with Crippen LogP contribution in [0.3, 0.4) is 0 Å². The number of hydrogen-bond donors (Lipinski definition) is 1. The lowest BCUT2D eigenvalue weighted by molar-refractivity contribution is 0.386. The molecule has 1 saturated heterocycles. The lowest BCUT2D eigenvalue weighted by Crippen LogP contribution is -2.26. The monoisotopic (exact) mass is 269 g/mol. The molecule has 1 fully saturated rings. The van der Waals surface area contributed by atoms with Gasteiger partial charge in [0.15, 0.2) is 0 Å². The van der Waals surface area contributed by atoms with Crippen molar-refractivity contribution in [3.05, 3.63) is 34.9 Å². The molecule has 1 heterocycles. The van der Waals surface area contributed by atoms with Gasteiger partial charge in [-0.05, 0) is 60.9 Å². The van der Waals surface area contributed by atoms with E-state index in [2.05, 4.69) is 29.2 Å². The van der Waals surface area contributed by atoms with Crippen LogP contribution >= 0.6 is 23.4 Å². The summed E-state index contributed by atoms with van der Waals surface area (Å²) in [5.41, 5.74) is 1.43. The predicted molar refractivity (Wildman–Crippen MR) is 78.2 cm³/mol. The van der Waals surface area contributed by atoms with Gasteiger partial charge in [-0.25, -0.2) is 0 Å². The van der Waals surface area contributed by atoms with Gasteiger partial charge in [-0.15, -0.1) is 0 Å². The third kappa shape index (κ3) is 3.64. The number of likely N-dealkylation sites (N-methyl/N-ethyl adjacent to an activating group) is 1. The van der Waals surface area contributed by atoms with E-state index in [1.54, 1.807) is 0 Å². The maximum atomic E-state index is 5.96. The van der Waals surface area contributed by atoms with E-state index < -0.39 is 0 Å². The highest BCUT2D eigenvalue weighted by atomic mass is 35.5. The van der Waals surface area contributed by atoms with Crippen molar-refractivity contribution in [2.24, 2.45) is 5.92 Å². The van der Waals surface area contributed by atoms with E-state index in [9.17, 15) is 0 Å². The largest absolute Gasteiger partial charge is 0.319 e. The second-order valence-electron chi connectivity index (χ2n) is 4.67. The molecule has 0 spiro atoms. The fourth-order valence-electron chi connectivity index (χ4n) is 2.60. The normalized spacial score (nSPS) is 19.2. The number of thioether (sulfide) groups is 1. The quantitative estimate of drug-likeness (QED) is 0.893. The number of nitrogens with one attached hydrogen (secondary N) is 1. The van der Waals surface area contributed by atoms with Gasteiger partial charge in [-0.1, -0.05) is 23.7 Å². The molecular weight excluding hydrogens is 250 g/mol.